The highest BCUT2D eigenvalue weighted by molar-refractivity contribution is 6.46. The standard InChI is InChI=1S/C34H31NO7/c1-3-39-29-18-23(11-14-28(29)41-20-22-8-5-4-6-9-22)31-30(33(37)34(38)35(31)19-26-10-7-15-40-26)32(36)24-12-13-27-25(17-24)16-21(2)42-27/h4-15,17-18,21,31,36H,3,16,19-20H2,1-2H3. The molecule has 0 saturated carbocycles. The highest BCUT2D eigenvalue weighted by atomic mass is 16.5. The summed E-state index contributed by atoms with van der Waals surface area (Å²) >= 11 is 0. The minimum absolute atomic E-state index is 0.00104. The number of likely N-dealkylation sites (tertiary alicyclic amines) is 1. The summed E-state index contributed by atoms with van der Waals surface area (Å²) in [5.41, 5.74) is 2.98. The first-order valence-electron chi connectivity index (χ1n) is 14.0. The molecule has 1 aromatic heterocycles. The second-order valence-corrected chi connectivity index (χ2v) is 10.4. The van der Waals surface area contributed by atoms with Crippen molar-refractivity contribution >= 4 is 17.4 Å². The number of ketones is 1. The zero-order chi connectivity index (χ0) is 29.2. The molecule has 8 nitrogen and oxygen atoms in total. The molecule has 1 N–H and O–H groups in total. The van der Waals surface area contributed by atoms with Crippen LogP contribution < -0.4 is 14.2 Å². The summed E-state index contributed by atoms with van der Waals surface area (Å²) in [5, 5.41) is 11.6. The lowest BCUT2D eigenvalue weighted by Crippen LogP contribution is -2.29. The van der Waals surface area contributed by atoms with Crippen molar-refractivity contribution in [1.82, 2.24) is 4.90 Å². The number of hydrogen-bond donors (Lipinski definition) is 1. The number of benzene rings is 3. The van der Waals surface area contributed by atoms with E-state index in [0.717, 1.165) is 16.9 Å². The molecule has 1 saturated heterocycles. The van der Waals surface area contributed by atoms with Crippen LogP contribution in [0.25, 0.3) is 5.76 Å². The molecular formula is C34H31NO7. The number of carbonyl (C=O) groups excluding carboxylic acids is 2. The van der Waals surface area contributed by atoms with Crippen molar-refractivity contribution in [2.45, 2.75) is 45.6 Å². The molecule has 42 heavy (non-hydrogen) atoms. The van der Waals surface area contributed by atoms with Crippen LogP contribution in [0.2, 0.25) is 0 Å². The first-order chi connectivity index (χ1) is 20.4. The van der Waals surface area contributed by atoms with Gasteiger partial charge in [-0.25, -0.2) is 0 Å². The maximum Gasteiger partial charge on any atom is 0.296 e. The van der Waals surface area contributed by atoms with Crippen molar-refractivity contribution in [1.29, 1.82) is 0 Å². The number of rotatable bonds is 9. The fourth-order valence-corrected chi connectivity index (χ4v) is 5.50. The van der Waals surface area contributed by atoms with E-state index >= 15 is 0 Å². The predicted molar refractivity (Wildman–Crippen MR) is 155 cm³/mol. The molecule has 3 aromatic carbocycles. The Morgan fingerprint density at radius 1 is 0.976 bits per heavy atom. The topological polar surface area (TPSA) is 98.4 Å². The van der Waals surface area contributed by atoms with E-state index in [4.69, 9.17) is 18.6 Å². The van der Waals surface area contributed by atoms with Gasteiger partial charge in [0.2, 0.25) is 0 Å². The van der Waals surface area contributed by atoms with Crippen LogP contribution in [0.5, 0.6) is 17.2 Å². The summed E-state index contributed by atoms with van der Waals surface area (Å²) in [7, 11) is 0. The molecule has 1 fully saturated rings. The molecule has 0 spiro atoms. The smallest absolute Gasteiger partial charge is 0.296 e. The SMILES string of the molecule is CCOc1cc(C2C(=C(O)c3ccc4c(c3)CC(C)O4)C(=O)C(=O)N2Cc2ccco2)ccc1OCc1ccccc1. The lowest BCUT2D eigenvalue weighted by atomic mass is 9.94. The number of hydrogen-bond acceptors (Lipinski definition) is 7. The van der Waals surface area contributed by atoms with Crippen molar-refractivity contribution in [2.24, 2.45) is 0 Å². The van der Waals surface area contributed by atoms with E-state index in [-0.39, 0.29) is 24.0 Å². The Balaban J connectivity index is 1.42. The number of furan rings is 1. The third-order valence-electron chi connectivity index (χ3n) is 7.44. The number of aliphatic hydroxyl groups excluding tert-OH is 1. The zero-order valence-corrected chi connectivity index (χ0v) is 23.4. The van der Waals surface area contributed by atoms with Gasteiger partial charge in [0.1, 0.15) is 30.0 Å². The van der Waals surface area contributed by atoms with Crippen LogP contribution in [0.15, 0.2) is 95.1 Å². The third-order valence-corrected chi connectivity index (χ3v) is 7.44. The van der Waals surface area contributed by atoms with Gasteiger partial charge in [-0.2, -0.15) is 0 Å². The molecule has 2 unspecified atom stereocenters. The highest BCUT2D eigenvalue weighted by Gasteiger charge is 2.46. The minimum atomic E-state index is -0.888. The van der Waals surface area contributed by atoms with Crippen molar-refractivity contribution in [3.8, 4) is 17.2 Å². The molecule has 1 amide bonds. The number of fused-ring (bicyclic) bond motifs is 1. The van der Waals surface area contributed by atoms with E-state index in [1.807, 2.05) is 50.2 Å². The summed E-state index contributed by atoms with van der Waals surface area (Å²) in [5.74, 6) is 0.526. The molecule has 8 heteroatoms. The first kappa shape index (κ1) is 27.2. The van der Waals surface area contributed by atoms with Crippen LogP contribution in [0.1, 0.15) is 47.9 Å². The molecule has 0 radical (unpaired) electrons. The Hall–Kier alpha value is -4.98. The number of ether oxygens (including phenoxy) is 3. The fourth-order valence-electron chi connectivity index (χ4n) is 5.50. The Morgan fingerprint density at radius 2 is 1.81 bits per heavy atom. The number of aliphatic hydroxyl groups is 1. The molecule has 3 heterocycles. The van der Waals surface area contributed by atoms with Gasteiger partial charge in [0.05, 0.1) is 31.0 Å². The van der Waals surface area contributed by atoms with E-state index in [2.05, 4.69) is 0 Å². The lowest BCUT2D eigenvalue weighted by Gasteiger charge is -2.25. The molecule has 214 valence electrons. The van der Waals surface area contributed by atoms with E-state index in [0.29, 0.717) is 48.0 Å². The molecule has 0 aliphatic carbocycles. The van der Waals surface area contributed by atoms with Crippen molar-refractivity contribution in [3.63, 3.8) is 0 Å². The third kappa shape index (κ3) is 5.23. The van der Waals surface area contributed by atoms with E-state index in [1.54, 1.807) is 42.5 Å². The van der Waals surface area contributed by atoms with Gasteiger partial charge in [-0.3, -0.25) is 9.59 Å². The summed E-state index contributed by atoms with van der Waals surface area (Å²) in [6.45, 7) is 4.62. The van der Waals surface area contributed by atoms with Gasteiger partial charge in [-0.05, 0) is 73.0 Å². The van der Waals surface area contributed by atoms with E-state index < -0.39 is 17.7 Å². The van der Waals surface area contributed by atoms with Crippen LogP contribution >= 0.6 is 0 Å². The zero-order valence-electron chi connectivity index (χ0n) is 23.4. The van der Waals surface area contributed by atoms with Gasteiger partial charge >= 0.3 is 0 Å². The van der Waals surface area contributed by atoms with E-state index in [9.17, 15) is 14.7 Å². The van der Waals surface area contributed by atoms with Gasteiger partial charge in [0.15, 0.2) is 11.5 Å². The van der Waals surface area contributed by atoms with Crippen LogP contribution in [0.3, 0.4) is 0 Å². The number of carbonyl (C=O) groups is 2. The molecule has 4 aromatic rings. The number of Topliss-reactive ketones (excluding diaryl/α,β-unsaturated/α-hetero) is 1. The maximum absolute atomic E-state index is 13.5. The van der Waals surface area contributed by atoms with Crippen molar-refractivity contribution in [2.75, 3.05) is 6.61 Å². The molecule has 2 atom stereocenters. The summed E-state index contributed by atoms with van der Waals surface area (Å²) in [4.78, 5) is 28.4. The van der Waals surface area contributed by atoms with Crippen molar-refractivity contribution < 1.29 is 33.3 Å². The lowest BCUT2D eigenvalue weighted by molar-refractivity contribution is -0.140. The molecule has 0 bridgehead atoms. The van der Waals surface area contributed by atoms with Gasteiger partial charge in [-0.15, -0.1) is 0 Å². The predicted octanol–water partition coefficient (Wildman–Crippen LogP) is 6.20. The van der Waals surface area contributed by atoms with Gasteiger partial charge in [0.25, 0.3) is 11.7 Å². The Kier molecular flexibility index (Phi) is 7.44. The van der Waals surface area contributed by atoms with Crippen molar-refractivity contribution in [3.05, 3.63) is 119 Å². The Labute approximate surface area is 243 Å². The van der Waals surface area contributed by atoms with Crippen LogP contribution in [-0.2, 0) is 29.2 Å². The van der Waals surface area contributed by atoms with Gasteiger partial charge in [0, 0.05) is 12.0 Å². The normalized spacial score (nSPS) is 19.0. The quantitative estimate of drug-likeness (QED) is 0.147. The molecule has 6 rings (SSSR count). The number of nitrogens with zero attached hydrogens (tertiary/aromatic N) is 1. The summed E-state index contributed by atoms with van der Waals surface area (Å²) in [6, 6.07) is 23.0. The summed E-state index contributed by atoms with van der Waals surface area (Å²) < 4.78 is 23.3. The van der Waals surface area contributed by atoms with E-state index in [1.165, 1.54) is 11.2 Å². The largest absolute Gasteiger partial charge is 0.507 e. The maximum atomic E-state index is 13.5. The monoisotopic (exact) mass is 565 g/mol. The second-order valence-electron chi connectivity index (χ2n) is 10.4. The summed E-state index contributed by atoms with van der Waals surface area (Å²) in [6.07, 6.45) is 2.23. The molecule has 2 aliphatic rings. The average molecular weight is 566 g/mol. The molecule has 2 aliphatic heterocycles. The fraction of sp³-hybridized carbons (Fsp3) is 0.235. The number of amides is 1. The van der Waals surface area contributed by atoms with Gasteiger partial charge < -0.3 is 28.6 Å². The van der Waals surface area contributed by atoms with Crippen LogP contribution in [-0.4, -0.2) is 34.4 Å². The van der Waals surface area contributed by atoms with Crippen LogP contribution in [0, 0.1) is 0 Å². The first-order valence-corrected chi connectivity index (χ1v) is 14.0. The Morgan fingerprint density at radius 3 is 2.57 bits per heavy atom. The average Bonchev–Trinajstić information content (AvgIpc) is 3.71. The Bertz CT molecular complexity index is 1640. The minimum Gasteiger partial charge on any atom is -0.507 e. The molecular weight excluding hydrogens is 534 g/mol. The highest BCUT2D eigenvalue weighted by Crippen LogP contribution is 2.43. The second kappa shape index (κ2) is 11.5. The van der Waals surface area contributed by atoms with Crippen LogP contribution in [0.4, 0.5) is 0 Å². The van der Waals surface area contributed by atoms with Gasteiger partial charge in [-0.1, -0.05) is 36.4 Å².